The van der Waals surface area contributed by atoms with E-state index in [1.165, 1.54) is 19.3 Å². The number of ether oxygens (including phenoxy) is 1. The second-order valence-electron chi connectivity index (χ2n) is 4.99. The van der Waals surface area contributed by atoms with Crippen molar-refractivity contribution in [1.29, 1.82) is 0 Å². The van der Waals surface area contributed by atoms with Crippen LogP contribution in [-0.4, -0.2) is 44.8 Å². The maximum atomic E-state index is 5.80. The van der Waals surface area contributed by atoms with Crippen LogP contribution in [0.15, 0.2) is 0 Å². The minimum Gasteiger partial charge on any atom is -0.384 e. The molecule has 0 aliphatic heterocycles. The Morgan fingerprint density at radius 1 is 1.47 bits per heavy atom. The molecule has 3 nitrogen and oxygen atoms in total. The van der Waals surface area contributed by atoms with Gasteiger partial charge < -0.3 is 15.4 Å². The fourth-order valence-electron chi connectivity index (χ4n) is 2.84. The van der Waals surface area contributed by atoms with Crippen LogP contribution in [0.5, 0.6) is 0 Å². The number of methoxy groups -OCH3 is 1. The van der Waals surface area contributed by atoms with Gasteiger partial charge in [-0.2, -0.15) is 0 Å². The van der Waals surface area contributed by atoms with E-state index >= 15 is 0 Å². The van der Waals surface area contributed by atoms with Gasteiger partial charge in [0.05, 0.1) is 0 Å². The van der Waals surface area contributed by atoms with Crippen LogP contribution in [-0.2, 0) is 4.74 Å². The first-order valence-electron chi connectivity index (χ1n) is 6.08. The summed E-state index contributed by atoms with van der Waals surface area (Å²) < 4.78 is 5.17. The molecule has 0 heterocycles. The molecule has 3 unspecified atom stereocenters. The number of nitrogens with two attached hydrogens (primary N) is 1. The Kier molecular flexibility index (Phi) is 5.58. The quantitative estimate of drug-likeness (QED) is 0.725. The Balaban J connectivity index is 2.35. The Morgan fingerprint density at radius 2 is 2.20 bits per heavy atom. The van der Waals surface area contributed by atoms with Crippen molar-refractivity contribution in [2.75, 3.05) is 33.9 Å². The molecule has 1 saturated carbocycles. The van der Waals surface area contributed by atoms with E-state index < -0.39 is 0 Å². The van der Waals surface area contributed by atoms with E-state index in [4.69, 9.17) is 10.5 Å². The van der Waals surface area contributed by atoms with Crippen molar-refractivity contribution in [2.45, 2.75) is 32.2 Å². The van der Waals surface area contributed by atoms with Gasteiger partial charge in [-0.05, 0) is 38.3 Å². The minimum absolute atomic E-state index is 0.610. The predicted octanol–water partition coefficient (Wildman–Crippen LogP) is 1.33. The third-order valence-corrected chi connectivity index (χ3v) is 3.54. The molecule has 0 saturated heterocycles. The zero-order valence-electron chi connectivity index (χ0n) is 10.4. The van der Waals surface area contributed by atoms with Gasteiger partial charge in [0.2, 0.25) is 0 Å². The zero-order valence-corrected chi connectivity index (χ0v) is 10.4. The van der Waals surface area contributed by atoms with Crippen LogP contribution in [0.3, 0.4) is 0 Å². The molecule has 1 aliphatic rings. The Hall–Kier alpha value is -0.120. The first-order valence-corrected chi connectivity index (χ1v) is 6.08. The maximum absolute atomic E-state index is 5.80. The lowest BCUT2D eigenvalue weighted by atomic mass is 10.0. The average Bonchev–Trinajstić information content (AvgIpc) is 2.65. The van der Waals surface area contributed by atoms with E-state index in [1.54, 1.807) is 7.11 Å². The molecule has 0 spiro atoms. The highest BCUT2D eigenvalue weighted by Gasteiger charge is 2.29. The second-order valence-corrected chi connectivity index (χ2v) is 4.99. The number of hydrogen-bond donors (Lipinski definition) is 1. The maximum Gasteiger partial charge on any atom is 0.0500 e. The fraction of sp³-hybridized carbons (Fsp3) is 1.00. The van der Waals surface area contributed by atoms with Gasteiger partial charge in [-0.1, -0.05) is 13.3 Å². The van der Waals surface area contributed by atoms with Crippen molar-refractivity contribution in [1.82, 2.24) is 4.90 Å². The molecule has 0 aromatic heterocycles. The highest BCUT2D eigenvalue weighted by atomic mass is 16.5. The molecule has 90 valence electrons. The van der Waals surface area contributed by atoms with Gasteiger partial charge in [0, 0.05) is 26.3 Å². The van der Waals surface area contributed by atoms with Gasteiger partial charge in [0.1, 0.15) is 0 Å². The molecular weight excluding hydrogens is 188 g/mol. The molecule has 0 amide bonds. The highest BCUT2D eigenvalue weighted by molar-refractivity contribution is 4.85. The monoisotopic (exact) mass is 214 g/mol. The van der Waals surface area contributed by atoms with Gasteiger partial charge in [0.15, 0.2) is 0 Å². The van der Waals surface area contributed by atoms with Gasteiger partial charge in [-0.3, -0.25) is 0 Å². The van der Waals surface area contributed by atoms with Crippen LogP contribution in [0.4, 0.5) is 0 Å². The first-order chi connectivity index (χ1) is 7.19. The van der Waals surface area contributed by atoms with Crippen molar-refractivity contribution < 1.29 is 4.74 Å². The van der Waals surface area contributed by atoms with Crippen LogP contribution < -0.4 is 5.73 Å². The SMILES string of the molecule is COCC(C)CN(C)C1CCCC1CN. The largest absolute Gasteiger partial charge is 0.384 e. The molecule has 15 heavy (non-hydrogen) atoms. The topological polar surface area (TPSA) is 38.5 Å². The summed E-state index contributed by atoms with van der Waals surface area (Å²) in [6.45, 7) is 5.05. The van der Waals surface area contributed by atoms with E-state index in [0.29, 0.717) is 17.9 Å². The van der Waals surface area contributed by atoms with Gasteiger partial charge >= 0.3 is 0 Å². The lowest BCUT2D eigenvalue weighted by molar-refractivity contribution is 0.113. The summed E-state index contributed by atoms with van der Waals surface area (Å²) in [5.74, 6) is 1.32. The second kappa shape index (κ2) is 6.46. The summed E-state index contributed by atoms with van der Waals surface area (Å²) in [7, 11) is 4.00. The molecule has 0 bridgehead atoms. The third kappa shape index (κ3) is 3.74. The van der Waals surface area contributed by atoms with Crippen LogP contribution in [0, 0.1) is 11.8 Å². The van der Waals surface area contributed by atoms with Crippen LogP contribution in [0.1, 0.15) is 26.2 Å². The van der Waals surface area contributed by atoms with Gasteiger partial charge in [-0.15, -0.1) is 0 Å². The number of nitrogens with zero attached hydrogens (tertiary/aromatic N) is 1. The van der Waals surface area contributed by atoms with Gasteiger partial charge in [0.25, 0.3) is 0 Å². The van der Waals surface area contributed by atoms with Crippen LogP contribution >= 0.6 is 0 Å². The van der Waals surface area contributed by atoms with E-state index in [-0.39, 0.29) is 0 Å². The Bertz CT molecular complexity index is 175. The summed E-state index contributed by atoms with van der Waals surface area (Å²) in [4.78, 5) is 2.48. The molecule has 2 N–H and O–H groups in total. The molecular formula is C12H26N2O. The van der Waals surface area contributed by atoms with Crippen LogP contribution in [0.2, 0.25) is 0 Å². The average molecular weight is 214 g/mol. The van der Waals surface area contributed by atoms with Crippen molar-refractivity contribution in [3.8, 4) is 0 Å². The van der Waals surface area contributed by atoms with Crippen molar-refractivity contribution >= 4 is 0 Å². The summed E-state index contributed by atoms with van der Waals surface area (Å²) >= 11 is 0. The molecule has 1 fully saturated rings. The summed E-state index contributed by atoms with van der Waals surface area (Å²) in [6.07, 6.45) is 3.97. The minimum atomic E-state index is 0.610. The molecule has 1 aliphatic carbocycles. The Morgan fingerprint density at radius 3 is 2.80 bits per heavy atom. The zero-order chi connectivity index (χ0) is 11.3. The molecule has 0 aromatic carbocycles. The number of rotatable bonds is 6. The summed E-state index contributed by atoms with van der Waals surface area (Å²) in [5.41, 5.74) is 5.80. The normalized spacial score (nSPS) is 28.6. The first kappa shape index (κ1) is 12.9. The van der Waals surface area contributed by atoms with E-state index in [1.807, 2.05) is 0 Å². The molecule has 1 rings (SSSR count). The predicted molar refractivity (Wildman–Crippen MR) is 63.9 cm³/mol. The summed E-state index contributed by atoms with van der Waals surface area (Å²) in [5, 5.41) is 0. The van der Waals surface area contributed by atoms with E-state index in [2.05, 4.69) is 18.9 Å². The molecule has 3 atom stereocenters. The van der Waals surface area contributed by atoms with E-state index in [0.717, 1.165) is 19.7 Å². The molecule has 0 aromatic rings. The smallest absolute Gasteiger partial charge is 0.0500 e. The van der Waals surface area contributed by atoms with Crippen molar-refractivity contribution in [2.24, 2.45) is 17.6 Å². The lowest BCUT2D eigenvalue weighted by Gasteiger charge is -2.31. The standard InChI is InChI=1S/C12H26N2O/c1-10(9-15-3)8-14(2)12-6-4-5-11(12)7-13/h10-12H,4-9,13H2,1-3H3. The molecule has 3 heteroatoms. The fourth-order valence-corrected chi connectivity index (χ4v) is 2.84. The van der Waals surface area contributed by atoms with Crippen molar-refractivity contribution in [3.05, 3.63) is 0 Å². The Labute approximate surface area is 94.0 Å². The summed E-state index contributed by atoms with van der Waals surface area (Å²) in [6, 6.07) is 0.703. The van der Waals surface area contributed by atoms with Gasteiger partial charge in [-0.25, -0.2) is 0 Å². The lowest BCUT2D eigenvalue weighted by Crippen LogP contribution is -2.40. The van der Waals surface area contributed by atoms with Crippen molar-refractivity contribution in [3.63, 3.8) is 0 Å². The van der Waals surface area contributed by atoms with Crippen LogP contribution in [0.25, 0.3) is 0 Å². The molecule has 0 radical (unpaired) electrons. The van der Waals surface area contributed by atoms with E-state index in [9.17, 15) is 0 Å². The third-order valence-electron chi connectivity index (χ3n) is 3.54. The highest BCUT2D eigenvalue weighted by Crippen LogP contribution is 2.28. The number of hydrogen-bond acceptors (Lipinski definition) is 3.